The van der Waals surface area contributed by atoms with E-state index in [0.29, 0.717) is 5.56 Å². The molecule has 1 aliphatic rings. The number of aromatic nitrogens is 1. The Morgan fingerprint density at radius 1 is 1.57 bits per heavy atom. The average Bonchev–Trinajstić information content (AvgIpc) is 2.51. The normalized spacial score (nSPS) is 19.4. The first-order valence-electron chi connectivity index (χ1n) is 7.69. The van der Waals surface area contributed by atoms with Crippen molar-refractivity contribution in [3.05, 3.63) is 23.9 Å². The van der Waals surface area contributed by atoms with E-state index in [-0.39, 0.29) is 5.91 Å². The van der Waals surface area contributed by atoms with Gasteiger partial charge < -0.3 is 10.2 Å². The van der Waals surface area contributed by atoms with Crippen molar-refractivity contribution in [1.29, 1.82) is 0 Å². The predicted octanol–water partition coefficient (Wildman–Crippen LogP) is 2.66. The van der Waals surface area contributed by atoms with Crippen LogP contribution in [0.1, 0.15) is 36.5 Å². The molecule has 0 radical (unpaired) electrons. The fourth-order valence-corrected chi connectivity index (χ4v) is 3.17. The molecule has 116 valence electrons. The smallest absolute Gasteiger partial charge is 0.251 e. The van der Waals surface area contributed by atoms with Gasteiger partial charge in [-0.05, 0) is 56.7 Å². The summed E-state index contributed by atoms with van der Waals surface area (Å²) in [5.41, 5.74) is 0.695. The minimum Gasteiger partial charge on any atom is -0.352 e. The molecule has 1 unspecified atom stereocenters. The highest BCUT2D eigenvalue weighted by Gasteiger charge is 2.15. The van der Waals surface area contributed by atoms with E-state index in [2.05, 4.69) is 22.1 Å². The molecule has 2 rings (SSSR count). The fourth-order valence-electron chi connectivity index (χ4n) is 2.76. The van der Waals surface area contributed by atoms with E-state index in [4.69, 9.17) is 0 Å². The Bertz CT molecular complexity index is 467. The van der Waals surface area contributed by atoms with E-state index < -0.39 is 0 Å². The third-order valence-corrected chi connectivity index (χ3v) is 4.53. The molecule has 1 N–H and O–H groups in total. The number of nitrogens with one attached hydrogen (secondary N) is 1. The summed E-state index contributed by atoms with van der Waals surface area (Å²) in [5, 5.41) is 3.88. The lowest BCUT2D eigenvalue weighted by atomic mass is 10.0. The van der Waals surface area contributed by atoms with Crippen LogP contribution in [0.15, 0.2) is 23.4 Å². The maximum Gasteiger partial charge on any atom is 0.251 e. The molecule has 1 fully saturated rings. The second-order valence-corrected chi connectivity index (χ2v) is 6.57. The van der Waals surface area contributed by atoms with Crippen molar-refractivity contribution in [1.82, 2.24) is 15.2 Å². The molecule has 1 saturated heterocycles. The monoisotopic (exact) mass is 307 g/mol. The van der Waals surface area contributed by atoms with Gasteiger partial charge in [0, 0.05) is 24.8 Å². The third-order valence-electron chi connectivity index (χ3n) is 3.88. The van der Waals surface area contributed by atoms with Crippen LogP contribution in [0.5, 0.6) is 0 Å². The van der Waals surface area contributed by atoms with Gasteiger partial charge in [0.15, 0.2) is 0 Å². The van der Waals surface area contributed by atoms with Crippen molar-refractivity contribution in [2.24, 2.45) is 5.92 Å². The Labute approximate surface area is 131 Å². The van der Waals surface area contributed by atoms with Gasteiger partial charge in [-0.25, -0.2) is 4.98 Å². The van der Waals surface area contributed by atoms with Crippen molar-refractivity contribution in [3.8, 4) is 0 Å². The molecule has 0 aromatic carbocycles. The Kier molecular flexibility index (Phi) is 6.51. The molecule has 4 nitrogen and oxygen atoms in total. The van der Waals surface area contributed by atoms with E-state index in [9.17, 15) is 4.79 Å². The molecular formula is C16H25N3OS. The summed E-state index contributed by atoms with van der Waals surface area (Å²) < 4.78 is 0. The van der Waals surface area contributed by atoms with Gasteiger partial charge in [-0.3, -0.25) is 4.79 Å². The van der Waals surface area contributed by atoms with Crippen LogP contribution < -0.4 is 5.32 Å². The zero-order chi connectivity index (χ0) is 15.1. The Morgan fingerprint density at radius 2 is 2.43 bits per heavy atom. The molecule has 5 heteroatoms. The first kappa shape index (κ1) is 16.3. The summed E-state index contributed by atoms with van der Waals surface area (Å²) in [5.74, 6) is 0.815. The van der Waals surface area contributed by atoms with Crippen LogP contribution >= 0.6 is 11.8 Å². The minimum atomic E-state index is -0.000266. The molecule has 0 saturated carbocycles. The molecule has 1 amide bonds. The third kappa shape index (κ3) is 5.32. The van der Waals surface area contributed by atoms with Crippen molar-refractivity contribution in [2.45, 2.75) is 31.2 Å². The van der Waals surface area contributed by atoms with Crippen LogP contribution in [-0.4, -0.2) is 48.2 Å². The number of piperidine rings is 1. The quantitative estimate of drug-likeness (QED) is 0.648. The average molecular weight is 307 g/mol. The number of rotatable bonds is 6. The van der Waals surface area contributed by atoms with Gasteiger partial charge in [0.2, 0.25) is 0 Å². The number of carbonyl (C=O) groups is 1. The second-order valence-electron chi connectivity index (χ2n) is 5.74. The number of likely N-dealkylation sites (tertiary alicyclic amines) is 1. The van der Waals surface area contributed by atoms with Gasteiger partial charge >= 0.3 is 0 Å². The number of thioether (sulfide) groups is 1. The predicted molar refractivity (Wildman–Crippen MR) is 87.8 cm³/mol. The molecule has 21 heavy (non-hydrogen) atoms. The summed E-state index contributed by atoms with van der Waals surface area (Å²) in [6, 6.07) is 3.60. The lowest BCUT2D eigenvalue weighted by Gasteiger charge is -2.30. The summed E-state index contributed by atoms with van der Waals surface area (Å²) in [6.07, 6.45) is 7.33. The first-order chi connectivity index (χ1) is 10.2. The molecule has 0 bridgehead atoms. The molecule has 2 heterocycles. The van der Waals surface area contributed by atoms with Gasteiger partial charge in [-0.2, -0.15) is 0 Å². The highest BCUT2D eigenvalue weighted by Crippen LogP contribution is 2.15. The van der Waals surface area contributed by atoms with Gasteiger partial charge in [0.1, 0.15) is 0 Å². The minimum absolute atomic E-state index is 0.000266. The van der Waals surface area contributed by atoms with E-state index in [0.717, 1.165) is 30.5 Å². The van der Waals surface area contributed by atoms with Crippen molar-refractivity contribution < 1.29 is 4.79 Å². The number of amides is 1. The van der Waals surface area contributed by atoms with E-state index in [1.807, 2.05) is 12.3 Å². The van der Waals surface area contributed by atoms with Gasteiger partial charge in [0.05, 0.1) is 5.03 Å². The van der Waals surface area contributed by atoms with Gasteiger partial charge in [0.25, 0.3) is 5.91 Å². The Balaban J connectivity index is 1.69. The summed E-state index contributed by atoms with van der Waals surface area (Å²) in [7, 11) is 0. The molecule has 1 atom stereocenters. The lowest BCUT2D eigenvalue weighted by Crippen LogP contribution is -2.36. The van der Waals surface area contributed by atoms with Crippen LogP contribution in [0.25, 0.3) is 0 Å². The zero-order valence-corrected chi connectivity index (χ0v) is 13.8. The first-order valence-corrected chi connectivity index (χ1v) is 8.92. The van der Waals surface area contributed by atoms with E-state index >= 15 is 0 Å². The summed E-state index contributed by atoms with van der Waals surface area (Å²) in [4.78, 5) is 18.7. The van der Waals surface area contributed by atoms with Gasteiger partial charge in [-0.1, -0.05) is 6.92 Å². The second kappa shape index (κ2) is 8.39. The summed E-state index contributed by atoms with van der Waals surface area (Å²) >= 11 is 1.55. The zero-order valence-electron chi connectivity index (χ0n) is 13.0. The molecule has 0 spiro atoms. The SMILES string of the molecule is CSc1cc(C(=O)NCCCN2CCCC(C)C2)ccn1. The molecule has 1 aromatic heterocycles. The number of hydrogen-bond donors (Lipinski definition) is 1. The fraction of sp³-hybridized carbons (Fsp3) is 0.625. The summed E-state index contributed by atoms with van der Waals surface area (Å²) in [6.45, 7) is 6.55. The van der Waals surface area contributed by atoms with E-state index in [1.54, 1.807) is 24.0 Å². The molecule has 1 aliphatic heterocycles. The van der Waals surface area contributed by atoms with Crippen molar-refractivity contribution in [3.63, 3.8) is 0 Å². The highest BCUT2D eigenvalue weighted by atomic mass is 32.2. The van der Waals surface area contributed by atoms with Crippen molar-refractivity contribution >= 4 is 17.7 Å². The maximum absolute atomic E-state index is 12.1. The molecule has 1 aromatic rings. The lowest BCUT2D eigenvalue weighted by molar-refractivity contribution is 0.0949. The number of pyridine rings is 1. The van der Waals surface area contributed by atoms with Crippen LogP contribution in [-0.2, 0) is 0 Å². The van der Waals surface area contributed by atoms with Crippen LogP contribution in [0, 0.1) is 5.92 Å². The standard InChI is InChI=1S/C16H25N3OS/c1-13-5-3-9-19(12-13)10-4-7-18-16(20)14-6-8-17-15(11-14)21-2/h6,8,11,13H,3-5,7,9-10,12H2,1-2H3,(H,18,20). The van der Waals surface area contributed by atoms with Gasteiger partial charge in [-0.15, -0.1) is 11.8 Å². The largest absolute Gasteiger partial charge is 0.352 e. The van der Waals surface area contributed by atoms with Crippen LogP contribution in [0.2, 0.25) is 0 Å². The molecule has 0 aliphatic carbocycles. The maximum atomic E-state index is 12.1. The number of carbonyl (C=O) groups excluding carboxylic acids is 1. The Hall–Kier alpha value is -1.07. The molecular weight excluding hydrogens is 282 g/mol. The highest BCUT2D eigenvalue weighted by molar-refractivity contribution is 7.98. The van der Waals surface area contributed by atoms with Crippen LogP contribution in [0.3, 0.4) is 0 Å². The number of hydrogen-bond acceptors (Lipinski definition) is 4. The van der Waals surface area contributed by atoms with E-state index in [1.165, 1.54) is 25.9 Å². The van der Waals surface area contributed by atoms with Crippen LogP contribution in [0.4, 0.5) is 0 Å². The topological polar surface area (TPSA) is 45.2 Å². The Morgan fingerprint density at radius 3 is 3.19 bits per heavy atom. The van der Waals surface area contributed by atoms with Crippen molar-refractivity contribution in [2.75, 3.05) is 32.4 Å². The number of nitrogens with zero attached hydrogens (tertiary/aromatic N) is 2.